The predicted octanol–water partition coefficient (Wildman–Crippen LogP) is 3.47. The quantitative estimate of drug-likeness (QED) is 0.858. The summed E-state index contributed by atoms with van der Waals surface area (Å²) in [5.41, 5.74) is 0.616. The number of rotatable bonds is 6. The van der Waals surface area contributed by atoms with E-state index in [9.17, 15) is 4.79 Å². The van der Waals surface area contributed by atoms with Crippen LogP contribution in [-0.2, 0) is 0 Å². The molecule has 1 fully saturated rings. The van der Waals surface area contributed by atoms with E-state index in [2.05, 4.69) is 5.32 Å². The first kappa shape index (κ1) is 15.4. The minimum absolute atomic E-state index is 0.0356. The Hall–Kier alpha value is -2.53. The van der Waals surface area contributed by atoms with Crippen LogP contribution in [0.5, 0.6) is 11.5 Å². The number of nitrogens with one attached hydrogen (secondary N) is 1. The van der Waals surface area contributed by atoms with Gasteiger partial charge >= 0.3 is 6.03 Å². The molecule has 5 nitrogen and oxygen atoms in total. The van der Waals surface area contributed by atoms with Crippen molar-refractivity contribution in [1.82, 2.24) is 4.90 Å². The summed E-state index contributed by atoms with van der Waals surface area (Å²) in [4.78, 5) is 14.1. The number of urea groups is 1. The number of carbonyl (C=O) groups excluding carboxylic acids is 1. The van der Waals surface area contributed by atoms with Gasteiger partial charge in [0.05, 0.1) is 12.3 Å². The fourth-order valence-corrected chi connectivity index (χ4v) is 2.41. The molecule has 0 aromatic heterocycles. The molecule has 5 heteroatoms. The summed E-state index contributed by atoms with van der Waals surface area (Å²) in [7, 11) is 0. The third-order valence-electron chi connectivity index (χ3n) is 3.69. The van der Waals surface area contributed by atoms with Crippen molar-refractivity contribution in [2.75, 3.05) is 18.5 Å². The van der Waals surface area contributed by atoms with Crippen molar-refractivity contribution < 1.29 is 14.6 Å². The van der Waals surface area contributed by atoms with E-state index in [1.807, 2.05) is 48.5 Å². The Labute approximate surface area is 135 Å². The zero-order valence-corrected chi connectivity index (χ0v) is 12.8. The highest BCUT2D eigenvalue weighted by molar-refractivity contribution is 5.91. The Bertz CT molecular complexity index is 656. The number of carbonyl (C=O) groups is 1. The molecule has 0 atom stereocenters. The van der Waals surface area contributed by atoms with Gasteiger partial charge in [-0.2, -0.15) is 0 Å². The molecule has 23 heavy (non-hydrogen) atoms. The highest BCUT2D eigenvalue weighted by Crippen LogP contribution is 2.31. The number of benzene rings is 2. The average Bonchev–Trinajstić information content (AvgIpc) is 3.40. The van der Waals surface area contributed by atoms with E-state index in [1.54, 1.807) is 11.0 Å². The van der Waals surface area contributed by atoms with E-state index in [4.69, 9.17) is 9.84 Å². The van der Waals surface area contributed by atoms with E-state index in [0.29, 0.717) is 23.7 Å². The Kier molecular flexibility index (Phi) is 4.78. The van der Waals surface area contributed by atoms with Crippen LogP contribution in [0.3, 0.4) is 0 Å². The fourth-order valence-electron chi connectivity index (χ4n) is 2.41. The van der Waals surface area contributed by atoms with Gasteiger partial charge in [0.15, 0.2) is 5.75 Å². The van der Waals surface area contributed by atoms with Crippen LogP contribution >= 0.6 is 0 Å². The highest BCUT2D eigenvalue weighted by atomic mass is 16.5. The van der Waals surface area contributed by atoms with Crippen LogP contribution < -0.4 is 10.1 Å². The number of nitrogens with zero attached hydrogens (tertiary/aromatic N) is 1. The van der Waals surface area contributed by atoms with Crippen LogP contribution in [0.2, 0.25) is 0 Å². The number of para-hydroxylation sites is 3. The normalized spacial score (nSPS) is 13.4. The molecule has 0 spiro atoms. The van der Waals surface area contributed by atoms with Crippen molar-refractivity contribution in [3.63, 3.8) is 0 Å². The second-order valence-electron chi connectivity index (χ2n) is 5.49. The molecule has 0 bridgehead atoms. The summed E-state index contributed by atoms with van der Waals surface area (Å²) in [5.74, 6) is 1.30. The number of hydrogen-bond donors (Lipinski definition) is 2. The minimum Gasteiger partial charge on any atom is -0.455 e. The molecule has 2 aromatic carbocycles. The van der Waals surface area contributed by atoms with Crippen LogP contribution in [0.4, 0.5) is 10.5 Å². The monoisotopic (exact) mass is 312 g/mol. The largest absolute Gasteiger partial charge is 0.455 e. The lowest BCUT2D eigenvalue weighted by molar-refractivity contribution is 0.185. The third-order valence-corrected chi connectivity index (χ3v) is 3.69. The molecule has 1 aliphatic rings. The van der Waals surface area contributed by atoms with Crippen molar-refractivity contribution in [2.45, 2.75) is 18.9 Å². The van der Waals surface area contributed by atoms with Gasteiger partial charge in [0, 0.05) is 12.6 Å². The lowest BCUT2D eigenvalue weighted by Gasteiger charge is -2.22. The van der Waals surface area contributed by atoms with Gasteiger partial charge in [-0.05, 0) is 37.1 Å². The molecule has 2 N–H and O–H groups in total. The fraction of sp³-hybridized carbons (Fsp3) is 0.278. The van der Waals surface area contributed by atoms with E-state index in [1.165, 1.54) is 0 Å². The van der Waals surface area contributed by atoms with Gasteiger partial charge in [-0.3, -0.25) is 0 Å². The number of anilines is 1. The lowest BCUT2D eigenvalue weighted by atomic mass is 10.3. The summed E-state index contributed by atoms with van der Waals surface area (Å²) >= 11 is 0. The van der Waals surface area contributed by atoms with Crippen molar-refractivity contribution in [1.29, 1.82) is 0 Å². The number of hydrogen-bond acceptors (Lipinski definition) is 3. The molecule has 1 aliphatic carbocycles. The van der Waals surface area contributed by atoms with Gasteiger partial charge in [0.1, 0.15) is 5.75 Å². The van der Waals surface area contributed by atoms with Crippen molar-refractivity contribution in [2.24, 2.45) is 0 Å². The average molecular weight is 312 g/mol. The van der Waals surface area contributed by atoms with Gasteiger partial charge in [-0.25, -0.2) is 4.79 Å². The summed E-state index contributed by atoms with van der Waals surface area (Å²) in [5, 5.41) is 12.0. The van der Waals surface area contributed by atoms with Gasteiger partial charge in [0.25, 0.3) is 0 Å². The Morgan fingerprint density at radius 2 is 1.83 bits per heavy atom. The molecule has 120 valence electrons. The molecule has 3 rings (SSSR count). The zero-order valence-electron chi connectivity index (χ0n) is 12.8. The summed E-state index contributed by atoms with van der Waals surface area (Å²) in [6.45, 7) is 0.310. The van der Waals surface area contributed by atoms with Crippen LogP contribution in [0.1, 0.15) is 12.8 Å². The Balaban J connectivity index is 1.73. The summed E-state index contributed by atoms with van der Waals surface area (Å²) in [6, 6.07) is 16.8. The number of aliphatic hydroxyl groups is 1. The molecule has 0 saturated heterocycles. The number of amides is 2. The van der Waals surface area contributed by atoms with Gasteiger partial charge in [-0.1, -0.05) is 30.3 Å². The van der Waals surface area contributed by atoms with E-state index in [0.717, 1.165) is 12.8 Å². The first-order valence-corrected chi connectivity index (χ1v) is 7.78. The smallest absolute Gasteiger partial charge is 0.322 e. The Morgan fingerprint density at radius 1 is 1.13 bits per heavy atom. The maximum atomic E-state index is 12.4. The molecule has 2 aromatic rings. The van der Waals surface area contributed by atoms with Crippen molar-refractivity contribution in [3.05, 3.63) is 54.6 Å². The highest BCUT2D eigenvalue weighted by Gasteiger charge is 2.32. The number of aliphatic hydroxyl groups excluding tert-OH is 1. The van der Waals surface area contributed by atoms with Crippen LogP contribution in [0, 0.1) is 0 Å². The molecule has 0 unspecified atom stereocenters. The van der Waals surface area contributed by atoms with Gasteiger partial charge in [-0.15, -0.1) is 0 Å². The second-order valence-corrected chi connectivity index (χ2v) is 5.49. The van der Waals surface area contributed by atoms with Crippen molar-refractivity contribution >= 4 is 11.7 Å². The van der Waals surface area contributed by atoms with Crippen LogP contribution in [0.25, 0.3) is 0 Å². The topological polar surface area (TPSA) is 61.8 Å². The summed E-state index contributed by atoms with van der Waals surface area (Å²) in [6.07, 6.45) is 1.99. The lowest BCUT2D eigenvalue weighted by Crippen LogP contribution is -2.38. The summed E-state index contributed by atoms with van der Waals surface area (Å²) < 4.78 is 5.84. The Morgan fingerprint density at radius 3 is 2.52 bits per heavy atom. The third kappa shape index (κ3) is 4.02. The van der Waals surface area contributed by atoms with Gasteiger partial charge < -0.3 is 20.1 Å². The maximum absolute atomic E-state index is 12.4. The second kappa shape index (κ2) is 7.15. The molecular formula is C18H20N2O3. The minimum atomic E-state index is -0.203. The molecule has 0 aliphatic heterocycles. The van der Waals surface area contributed by atoms with E-state index < -0.39 is 0 Å². The SMILES string of the molecule is O=C(Nc1ccccc1Oc1ccccc1)N(CCO)C1CC1. The molecule has 2 amide bonds. The van der Waals surface area contributed by atoms with Crippen molar-refractivity contribution in [3.8, 4) is 11.5 Å². The molecule has 0 radical (unpaired) electrons. The van der Waals surface area contributed by atoms with Crippen LogP contribution in [-0.4, -0.2) is 35.2 Å². The van der Waals surface area contributed by atoms with E-state index in [-0.39, 0.29) is 18.7 Å². The zero-order chi connectivity index (χ0) is 16.1. The van der Waals surface area contributed by atoms with Crippen LogP contribution in [0.15, 0.2) is 54.6 Å². The first-order chi connectivity index (χ1) is 11.3. The maximum Gasteiger partial charge on any atom is 0.322 e. The van der Waals surface area contributed by atoms with E-state index >= 15 is 0 Å². The molecular weight excluding hydrogens is 292 g/mol. The first-order valence-electron chi connectivity index (χ1n) is 7.78. The predicted molar refractivity (Wildman–Crippen MR) is 88.8 cm³/mol. The van der Waals surface area contributed by atoms with Gasteiger partial charge in [0.2, 0.25) is 0 Å². The number of ether oxygens (including phenoxy) is 1. The molecule has 1 saturated carbocycles. The molecule has 0 heterocycles. The standard InChI is InChI=1S/C18H20N2O3/c21-13-12-20(14-10-11-14)18(22)19-16-8-4-5-9-17(16)23-15-6-2-1-3-7-15/h1-9,14,21H,10-13H2,(H,19,22).